The van der Waals surface area contributed by atoms with Crippen LogP contribution in [0.4, 0.5) is 13.2 Å². The number of hydrogen-bond acceptors (Lipinski definition) is 2. The highest BCUT2D eigenvalue weighted by Crippen LogP contribution is 2.33. The first-order chi connectivity index (χ1) is 11.3. The zero-order valence-electron chi connectivity index (χ0n) is 13.8. The number of ether oxygens (including phenoxy) is 1. The first-order valence-electron chi connectivity index (χ1n) is 7.75. The number of rotatable bonds is 2. The minimum atomic E-state index is -1.25. The lowest BCUT2D eigenvalue weighted by molar-refractivity contribution is 0.346. The maximum atomic E-state index is 14.4. The lowest BCUT2D eigenvalue weighted by Crippen LogP contribution is -2.12. The molecule has 0 N–H and O–H groups in total. The molecule has 1 heterocycles. The fraction of sp³-hybridized carbons (Fsp3) is 0.316. The predicted octanol–water partition coefficient (Wildman–Crippen LogP) is 4.85. The van der Waals surface area contributed by atoms with Crippen LogP contribution in [0.2, 0.25) is 0 Å². The van der Waals surface area contributed by atoms with Gasteiger partial charge in [0.05, 0.1) is 12.1 Å². The molecule has 0 bridgehead atoms. The van der Waals surface area contributed by atoms with E-state index in [-0.39, 0.29) is 29.0 Å². The number of nitrogens with zero attached hydrogens (tertiary/aromatic N) is 1. The van der Waals surface area contributed by atoms with Crippen LogP contribution >= 0.6 is 0 Å². The molecule has 1 aliphatic rings. The molecule has 0 atom stereocenters. The molecule has 0 unspecified atom stereocenters. The van der Waals surface area contributed by atoms with Gasteiger partial charge in [-0.3, -0.25) is 0 Å². The third kappa shape index (κ3) is 2.90. The SMILES string of the molecule is CC(C)(C)c1ccc(-c2c(F)cc(F)c(F)c2C2=NCCO2)cc1. The van der Waals surface area contributed by atoms with Crippen molar-refractivity contribution in [3.63, 3.8) is 0 Å². The highest BCUT2D eigenvalue weighted by atomic mass is 19.2. The molecule has 3 rings (SSSR count). The zero-order valence-corrected chi connectivity index (χ0v) is 13.8. The first-order valence-corrected chi connectivity index (χ1v) is 7.75. The summed E-state index contributed by atoms with van der Waals surface area (Å²) in [6.45, 7) is 6.80. The standard InChI is InChI=1S/C19H18F3NO/c1-19(2,3)12-6-4-11(5-7-12)15-13(20)10-14(21)17(22)16(15)18-23-8-9-24-18/h4-7,10H,8-9H2,1-3H3. The quantitative estimate of drug-likeness (QED) is 0.720. The number of hydrogen-bond donors (Lipinski definition) is 0. The summed E-state index contributed by atoms with van der Waals surface area (Å²) in [5.41, 5.74) is 1.16. The van der Waals surface area contributed by atoms with Crippen molar-refractivity contribution in [2.75, 3.05) is 13.2 Å². The summed E-state index contributed by atoms with van der Waals surface area (Å²) >= 11 is 0. The van der Waals surface area contributed by atoms with Gasteiger partial charge < -0.3 is 4.74 Å². The van der Waals surface area contributed by atoms with Crippen molar-refractivity contribution in [3.8, 4) is 11.1 Å². The van der Waals surface area contributed by atoms with E-state index < -0.39 is 17.5 Å². The molecule has 0 aromatic heterocycles. The molecular formula is C19H18F3NO. The van der Waals surface area contributed by atoms with Gasteiger partial charge in [-0.05, 0) is 16.5 Å². The monoisotopic (exact) mass is 333 g/mol. The number of aliphatic imine (C=N–C) groups is 1. The van der Waals surface area contributed by atoms with E-state index in [1.165, 1.54) is 0 Å². The normalized spacial score (nSPS) is 14.5. The lowest BCUT2D eigenvalue weighted by Gasteiger charge is -2.20. The van der Waals surface area contributed by atoms with E-state index in [0.717, 1.165) is 5.56 Å². The van der Waals surface area contributed by atoms with Crippen LogP contribution in [-0.4, -0.2) is 19.0 Å². The van der Waals surface area contributed by atoms with E-state index in [9.17, 15) is 13.2 Å². The molecule has 126 valence electrons. The van der Waals surface area contributed by atoms with Crippen LogP contribution in [-0.2, 0) is 10.2 Å². The van der Waals surface area contributed by atoms with Gasteiger partial charge in [0.25, 0.3) is 0 Å². The molecule has 0 radical (unpaired) electrons. The summed E-state index contributed by atoms with van der Waals surface area (Å²) in [7, 11) is 0. The maximum Gasteiger partial charge on any atom is 0.220 e. The average molecular weight is 333 g/mol. The van der Waals surface area contributed by atoms with E-state index >= 15 is 0 Å². The second kappa shape index (κ2) is 5.96. The van der Waals surface area contributed by atoms with Crippen LogP contribution in [0.5, 0.6) is 0 Å². The number of halogens is 3. The largest absolute Gasteiger partial charge is 0.475 e. The fourth-order valence-electron chi connectivity index (χ4n) is 2.70. The molecule has 2 aromatic carbocycles. The summed E-state index contributed by atoms with van der Waals surface area (Å²) < 4.78 is 47.7. The summed E-state index contributed by atoms with van der Waals surface area (Å²) in [6.07, 6.45) is 0. The van der Waals surface area contributed by atoms with Gasteiger partial charge in [0.2, 0.25) is 5.90 Å². The Morgan fingerprint density at radius 1 is 0.958 bits per heavy atom. The molecule has 0 fully saturated rings. The summed E-state index contributed by atoms with van der Waals surface area (Å²) in [4.78, 5) is 4.01. The number of benzene rings is 2. The van der Waals surface area contributed by atoms with E-state index in [1.54, 1.807) is 12.1 Å². The van der Waals surface area contributed by atoms with Gasteiger partial charge in [-0.1, -0.05) is 45.0 Å². The molecular weight excluding hydrogens is 315 g/mol. The zero-order chi connectivity index (χ0) is 17.5. The molecule has 0 saturated carbocycles. The highest BCUT2D eigenvalue weighted by Gasteiger charge is 2.27. The topological polar surface area (TPSA) is 21.6 Å². The summed E-state index contributed by atoms with van der Waals surface area (Å²) in [6, 6.07) is 7.68. The summed E-state index contributed by atoms with van der Waals surface area (Å²) in [5.74, 6) is -3.30. The van der Waals surface area contributed by atoms with Gasteiger partial charge >= 0.3 is 0 Å². The molecule has 1 aliphatic heterocycles. The Morgan fingerprint density at radius 2 is 1.62 bits per heavy atom. The lowest BCUT2D eigenvalue weighted by atomic mass is 9.86. The van der Waals surface area contributed by atoms with Crippen molar-refractivity contribution in [1.82, 2.24) is 0 Å². The van der Waals surface area contributed by atoms with Crippen molar-refractivity contribution in [2.45, 2.75) is 26.2 Å². The Balaban J connectivity index is 2.19. The maximum absolute atomic E-state index is 14.4. The molecule has 5 heteroatoms. The Hall–Kier alpha value is -2.30. The molecule has 0 amide bonds. The first kappa shape index (κ1) is 16.6. The Bertz CT molecular complexity index is 805. The van der Waals surface area contributed by atoms with E-state index in [2.05, 4.69) is 25.8 Å². The van der Waals surface area contributed by atoms with Gasteiger partial charge in [-0.2, -0.15) is 0 Å². The van der Waals surface area contributed by atoms with Crippen LogP contribution < -0.4 is 0 Å². The highest BCUT2D eigenvalue weighted by molar-refractivity contribution is 6.02. The Labute approximate surface area is 139 Å². The van der Waals surface area contributed by atoms with Crippen molar-refractivity contribution in [2.24, 2.45) is 4.99 Å². The minimum Gasteiger partial charge on any atom is -0.475 e. The predicted molar refractivity (Wildman–Crippen MR) is 87.8 cm³/mol. The van der Waals surface area contributed by atoms with Crippen LogP contribution in [0.3, 0.4) is 0 Å². The molecule has 0 spiro atoms. The van der Waals surface area contributed by atoms with E-state index in [4.69, 9.17) is 4.74 Å². The van der Waals surface area contributed by atoms with Gasteiger partial charge in [-0.25, -0.2) is 18.2 Å². The fourth-order valence-corrected chi connectivity index (χ4v) is 2.70. The van der Waals surface area contributed by atoms with Gasteiger partial charge in [0.1, 0.15) is 12.4 Å². The Kier molecular flexibility index (Phi) is 4.11. The van der Waals surface area contributed by atoms with Gasteiger partial charge in [0.15, 0.2) is 11.6 Å². The smallest absolute Gasteiger partial charge is 0.220 e. The minimum absolute atomic E-state index is 0.0324. The Morgan fingerprint density at radius 3 is 2.17 bits per heavy atom. The van der Waals surface area contributed by atoms with Gasteiger partial charge in [-0.15, -0.1) is 0 Å². The molecule has 0 saturated heterocycles. The molecule has 24 heavy (non-hydrogen) atoms. The third-order valence-corrected chi connectivity index (χ3v) is 4.01. The average Bonchev–Trinajstić information content (AvgIpc) is 3.04. The van der Waals surface area contributed by atoms with E-state index in [1.807, 2.05) is 12.1 Å². The second-order valence-electron chi connectivity index (χ2n) is 6.77. The van der Waals surface area contributed by atoms with Crippen molar-refractivity contribution >= 4 is 5.90 Å². The van der Waals surface area contributed by atoms with Crippen molar-refractivity contribution in [3.05, 3.63) is 58.9 Å². The van der Waals surface area contributed by atoms with Crippen molar-refractivity contribution in [1.29, 1.82) is 0 Å². The van der Waals surface area contributed by atoms with Crippen LogP contribution in [0.1, 0.15) is 31.9 Å². The molecule has 2 nitrogen and oxygen atoms in total. The molecule has 2 aromatic rings. The van der Waals surface area contributed by atoms with Crippen molar-refractivity contribution < 1.29 is 17.9 Å². The second-order valence-corrected chi connectivity index (χ2v) is 6.77. The van der Waals surface area contributed by atoms with Crippen LogP contribution in [0, 0.1) is 17.5 Å². The summed E-state index contributed by atoms with van der Waals surface area (Å²) in [5, 5.41) is 0. The molecule has 0 aliphatic carbocycles. The van der Waals surface area contributed by atoms with Gasteiger partial charge in [0, 0.05) is 11.6 Å². The van der Waals surface area contributed by atoms with Crippen LogP contribution in [0.25, 0.3) is 11.1 Å². The third-order valence-electron chi connectivity index (χ3n) is 4.01. The van der Waals surface area contributed by atoms with Crippen LogP contribution in [0.15, 0.2) is 35.3 Å². The van der Waals surface area contributed by atoms with E-state index in [0.29, 0.717) is 18.2 Å².